The molecular weight excluding hydrogens is 415 g/mol. The fraction of sp³-hybridized carbons (Fsp3) is 0.417. The van der Waals surface area contributed by atoms with Gasteiger partial charge in [-0.1, -0.05) is 56.3 Å². The number of hydrogen-bond acceptors (Lipinski definition) is 4. The first-order valence-corrected chi connectivity index (χ1v) is 11.3. The predicted molar refractivity (Wildman–Crippen MR) is 131 cm³/mol. The molecular formula is C24H34Cl2N4. The second-order valence-electron chi connectivity index (χ2n) is 7.38. The maximum Gasteiger partial charge on any atom is 0.105 e. The zero-order chi connectivity index (χ0) is 22.4. The summed E-state index contributed by atoms with van der Waals surface area (Å²) in [5.74, 6) is 0.950. The summed E-state index contributed by atoms with van der Waals surface area (Å²) in [6, 6.07) is 5.77. The van der Waals surface area contributed by atoms with Gasteiger partial charge in [0.05, 0.1) is 27.1 Å². The number of benzene rings is 1. The van der Waals surface area contributed by atoms with E-state index in [1.807, 2.05) is 18.2 Å². The van der Waals surface area contributed by atoms with E-state index in [2.05, 4.69) is 74.1 Å². The van der Waals surface area contributed by atoms with E-state index in [-0.39, 0.29) is 0 Å². The summed E-state index contributed by atoms with van der Waals surface area (Å²) in [7, 11) is 2.06. The number of halogens is 2. The molecule has 0 atom stereocenters. The van der Waals surface area contributed by atoms with Gasteiger partial charge in [-0.05, 0) is 38.8 Å². The van der Waals surface area contributed by atoms with Crippen molar-refractivity contribution in [1.82, 2.24) is 20.0 Å². The Hall–Kier alpha value is -2.04. The fourth-order valence-electron chi connectivity index (χ4n) is 3.61. The van der Waals surface area contributed by atoms with E-state index in [0.717, 1.165) is 66.6 Å². The highest BCUT2D eigenvalue weighted by Gasteiger charge is 2.31. The van der Waals surface area contributed by atoms with Crippen LogP contribution in [0.25, 0.3) is 5.70 Å². The first-order chi connectivity index (χ1) is 14.3. The summed E-state index contributed by atoms with van der Waals surface area (Å²) in [5, 5.41) is 4.46. The first kappa shape index (κ1) is 24.2. The van der Waals surface area contributed by atoms with Gasteiger partial charge in [0, 0.05) is 44.1 Å². The average Bonchev–Trinajstić information content (AvgIpc) is 2.72. The molecule has 0 saturated carbocycles. The van der Waals surface area contributed by atoms with E-state index in [1.54, 1.807) is 0 Å². The summed E-state index contributed by atoms with van der Waals surface area (Å²) in [5.41, 5.74) is 5.21. The van der Waals surface area contributed by atoms with Crippen LogP contribution in [0.15, 0.2) is 60.5 Å². The van der Waals surface area contributed by atoms with Crippen LogP contribution in [0.4, 0.5) is 0 Å². The lowest BCUT2D eigenvalue weighted by atomic mass is 10.1. The Balaban J connectivity index is 2.66. The van der Waals surface area contributed by atoms with Crippen LogP contribution in [0.5, 0.6) is 0 Å². The summed E-state index contributed by atoms with van der Waals surface area (Å²) in [4.78, 5) is 6.66. The second kappa shape index (κ2) is 10.8. The third kappa shape index (κ3) is 4.98. The van der Waals surface area contributed by atoms with Gasteiger partial charge in [0.1, 0.15) is 5.82 Å². The Bertz CT molecular complexity index is 857. The molecule has 1 aliphatic heterocycles. The zero-order valence-electron chi connectivity index (χ0n) is 18.9. The smallest absolute Gasteiger partial charge is 0.105 e. The second-order valence-corrected chi connectivity index (χ2v) is 8.19. The molecule has 0 radical (unpaired) electrons. The van der Waals surface area contributed by atoms with Crippen LogP contribution in [0, 0.1) is 0 Å². The van der Waals surface area contributed by atoms with Crippen LogP contribution in [0.2, 0.25) is 10.0 Å². The van der Waals surface area contributed by atoms with Crippen LogP contribution < -0.4 is 5.32 Å². The number of rotatable bonds is 9. The van der Waals surface area contributed by atoms with Crippen molar-refractivity contribution in [2.24, 2.45) is 0 Å². The Kier molecular flexibility index (Phi) is 8.75. The van der Waals surface area contributed by atoms with Crippen molar-refractivity contribution in [2.45, 2.75) is 40.5 Å². The zero-order valence-corrected chi connectivity index (χ0v) is 20.4. The lowest BCUT2D eigenvalue weighted by Crippen LogP contribution is -2.42. The van der Waals surface area contributed by atoms with Crippen LogP contribution in [-0.2, 0) is 0 Å². The number of nitrogens with one attached hydrogen (secondary N) is 1. The van der Waals surface area contributed by atoms with E-state index in [1.165, 1.54) is 0 Å². The van der Waals surface area contributed by atoms with Crippen LogP contribution in [0.3, 0.4) is 0 Å². The minimum Gasteiger partial charge on any atom is -0.389 e. The molecule has 6 heteroatoms. The summed E-state index contributed by atoms with van der Waals surface area (Å²) >= 11 is 12.6. The van der Waals surface area contributed by atoms with Gasteiger partial charge in [-0.25, -0.2) is 0 Å². The Morgan fingerprint density at radius 3 is 2.40 bits per heavy atom. The lowest BCUT2D eigenvalue weighted by Gasteiger charge is -2.45. The molecule has 0 aromatic heterocycles. The first-order valence-electron chi connectivity index (χ1n) is 10.5. The Morgan fingerprint density at radius 2 is 1.83 bits per heavy atom. The van der Waals surface area contributed by atoms with E-state index in [4.69, 9.17) is 23.2 Å². The number of nitrogens with zero attached hydrogens (tertiary/aromatic N) is 3. The molecule has 1 N–H and O–H groups in total. The van der Waals surface area contributed by atoms with E-state index in [9.17, 15) is 0 Å². The van der Waals surface area contributed by atoms with Crippen LogP contribution in [-0.4, -0.2) is 41.4 Å². The number of hydrogen-bond donors (Lipinski definition) is 1. The van der Waals surface area contributed by atoms with Gasteiger partial charge in [0.2, 0.25) is 0 Å². The van der Waals surface area contributed by atoms with Gasteiger partial charge in [-0.15, -0.1) is 0 Å². The monoisotopic (exact) mass is 448 g/mol. The van der Waals surface area contributed by atoms with Crippen molar-refractivity contribution in [1.29, 1.82) is 0 Å². The van der Waals surface area contributed by atoms with Crippen molar-refractivity contribution < 1.29 is 0 Å². The highest BCUT2D eigenvalue weighted by atomic mass is 35.5. The molecule has 164 valence electrons. The van der Waals surface area contributed by atoms with Crippen molar-refractivity contribution in [3.05, 3.63) is 76.1 Å². The molecule has 1 heterocycles. The molecule has 0 aliphatic carbocycles. The molecule has 0 saturated heterocycles. The molecule has 0 amide bonds. The van der Waals surface area contributed by atoms with E-state index < -0.39 is 0 Å². The van der Waals surface area contributed by atoms with Crippen LogP contribution in [0.1, 0.15) is 46.1 Å². The third-order valence-electron chi connectivity index (χ3n) is 5.26. The highest BCUT2D eigenvalue weighted by molar-refractivity contribution is 6.42. The molecule has 2 rings (SSSR count). The van der Waals surface area contributed by atoms with Gasteiger partial charge >= 0.3 is 0 Å². The van der Waals surface area contributed by atoms with Gasteiger partial charge < -0.3 is 20.0 Å². The van der Waals surface area contributed by atoms with E-state index >= 15 is 0 Å². The summed E-state index contributed by atoms with van der Waals surface area (Å²) < 4.78 is 0. The maximum atomic E-state index is 6.37. The predicted octanol–water partition coefficient (Wildman–Crippen LogP) is 6.49. The minimum absolute atomic E-state index is 0.541. The van der Waals surface area contributed by atoms with E-state index in [0.29, 0.717) is 10.0 Å². The largest absolute Gasteiger partial charge is 0.389 e. The Morgan fingerprint density at radius 1 is 1.13 bits per heavy atom. The fourth-order valence-corrected chi connectivity index (χ4v) is 3.91. The van der Waals surface area contributed by atoms with Gasteiger partial charge in [-0.3, -0.25) is 0 Å². The van der Waals surface area contributed by atoms with Crippen molar-refractivity contribution in [3.8, 4) is 0 Å². The molecule has 4 nitrogen and oxygen atoms in total. The summed E-state index contributed by atoms with van der Waals surface area (Å²) in [6.07, 6.45) is 4.04. The normalized spacial score (nSPS) is 15.2. The topological polar surface area (TPSA) is 21.8 Å². The molecule has 0 unspecified atom stereocenters. The molecule has 1 aromatic carbocycles. The maximum absolute atomic E-state index is 6.37. The quantitative estimate of drug-likeness (QED) is 0.465. The van der Waals surface area contributed by atoms with Crippen molar-refractivity contribution in [2.75, 3.05) is 26.7 Å². The summed E-state index contributed by atoms with van der Waals surface area (Å²) in [6.45, 7) is 19.8. The highest BCUT2D eigenvalue weighted by Crippen LogP contribution is 2.38. The van der Waals surface area contributed by atoms with Crippen molar-refractivity contribution >= 4 is 28.9 Å². The van der Waals surface area contributed by atoms with Gasteiger partial charge in [-0.2, -0.15) is 0 Å². The Labute approximate surface area is 192 Å². The SMILES string of the molecule is C=C1C(N(CCC)/C(=C\NCC)c2ccc(Cl)c(Cl)c2)=C(C)N(C)C(=C)N1CCC. The van der Waals surface area contributed by atoms with Crippen molar-refractivity contribution in [3.63, 3.8) is 0 Å². The molecule has 30 heavy (non-hydrogen) atoms. The average molecular weight is 449 g/mol. The number of allylic oxidation sites excluding steroid dienone is 1. The molecule has 0 fully saturated rings. The molecule has 0 spiro atoms. The minimum atomic E-state index is 0.541. The van der Waals surface area contributed by atoms with Crippen LogP contribution >= 0.6 is 23.2 Å². The van der Waals surface area contributed by atoms with Gasteiger partial charge in [0.15, 0.2) is 0 Å². The third-order valence-corrected chi connectivity index (χ3v) is 6.00. The molecule has 0 bridgehead atoms. The molecule has 1 aromatic rings. The van der Waals surface area contributed by atoms with Gasteiger partial charge in [0.25, 0.3) is 0 Å². The lowest BCUT2D eigenvalue weighted by molar-refractivity contribution is 0.271. The standard InChI is InChI=1S/C24H34Cl2N4/c1-8-13-29-18(5)24(17(4)28(7)19(29)6)30(14-9-2)23(16-27-10-3)20-11-12-21(25)22(26)15-20/h11-12,15-16,27H,5-6,8-10,13-14H2,1-4,7H3/b23-16-. The molecule has 1 aliphatic rings.